The van der Waals surface area contributed by atoms with E-state index in [-0.39, 0.29) is 0 Å². The molecular formula is C19H19N. The Morgan fingerprint density at radius 1 is 0.800 bits per heavy atom. The molecule has 100 valence electrons. The van der Waals surface area contributed by atoms with Crippen molar-refractivity contribution in [2.24, 2.45) is 0 Å². The van der Waals surface area contributed by atoms with Crippen molar-refractivity contribution in [3.05, 3.63) is 84.7 Å². The van der Waals surface area contributed by atoms with Crippen LogP contribution in [-0.4, -0.2) is 4.57 Å². The molecule has 1 aromatic heterocycles. The topological polar surface area (TPSA) is 4.93 Å². The Hall–Kier alpha value is -2.28. The van der Waals surface area contributed by atoms with Crippen LogP contribution in [0.2, 0.25) is 0 Å². The number of nitrogens with zero attached hydrogens (tertiary/aromatic N) is 1. The summed E-state index contributed by atoms with van der Waals surface area (Å²) < 4.78 is 2.28. The second kappa shape index (κ2) is 5.79. The molecule has 1 nitrogen and oxygen atoms in total. The van der Waals surface area contributed by atoms with Crippen LogP contribution in [0.3, 0.4) is 0 Å². The molecule has 0 aliphatic heterocycles. The van der Waals surface area contributed by atoms with Crippen molar-refractivity contribution >= 4 is 0 Å². The highest BCUT2D eigenvalue weighted by atomic mass is 14.9. The maximum absolute atomic E-state index is 2.28. The molecule has 0 saturated heterocycles. The molecule has 0 aliphatic carbocycles. The molecule has 0 fully saturated rings. The van der Waals surface area contributed by atoms with E-state index < -0.39 is 0 Å². The molecule has 1 heterocycles. The average molecular weight is 261 g/mol. The molecule has 2 aromatic carbocycles. The van der Waals surface area contributed by atoms with Crippen LogP contribution in [0.5, 0.6) is 0 Å². The average Bonchev–Trinajstić information content (AvgIpc) is 2.97. The minimum Gasteiger partial charge on any atom is -0.353 e. The van der Waals surface area contributed by atoms with Crippen LogP contribution >= 0.6 is 0 Å². The molecule has 1 atom stereocenters. The Balaban J connectivity index is 1.75. The van der Waals surface area contributed by atoms with E-state index in [4.69, 9.17) is 0 Å². The molecule has 0 bridgehead atoms. The maximum atomic E-state index is 2.28. The Kier molecular flexibility index (Phi) is 3.69. The summed E-state index contributed by atoms with van der Waals surface area (Å²) in [5, 5.41) is 0. The van der Waals surface area contributed by atoms with Gasteiger partial charge in [-0.25, -0.2) is 0 Å². The maximum Gasteiger partial charge on any atom is 0.0286 e. The van der Waals surface area contributed by atoms with Gasteiger partial charge in [-0.2, -0.15) is 0 Å². The summed E-state index contributed by atoms with van der Waals surface area (Å²) in [5.74, 6) is 0.521. The monoisotopic (exact) mass is 261 g/mol. The first-order chi connectivity index (χ1) is 9.83. The number of hydrogen-bond acceptors (Lipinski definition) is 0. The molecule has 1 unspecified atom stereocenters. The highest BCUT2D eigenvalue weighted by Gasteiger charge is 2.06. The summed E-state index contributed by atoms with van der Waals surface area (Å²) in [6.07, 6.45) is 4.40. The van der Waals surface area contributed by atoms with Gasteiger partial charge in [0.05, 0.1) is 0 Å². The lowest BCUT2D eigenvalue weighted by Gasteiger charge is -2.12. The third-order valence-corrected chi connectivity index (χ3v) is 3.71. The first-order valence-corrected chi connectivity index (χ1v) is 7.09. The van der Waals surface area contributed by atoms with E-state index in [1.807, 2.05) is 0 Å². The molecule has 0 aliphatic rings. The Bertz CT molecular complexity index is 653. The van der Waals surface area contributed by atoms with Gasteiger partial charge in [-0.3, -0.25) is 0 Å². The standard InChI is InChI=1S/C19H19N/c1-16(17-8-4-2-5-9-17)14-20-13-12-19(15-20)18-10-6-3-7-11-18/h2-13,15-16H,14H2,1H3. The molecule has 0 saturated carbocycles. The Morgan fingerprint density at radius 2 is 1.45 bits per heavy atom. The predicted molar refractivity (Wildman–Crippen MR) is 84.7 cm³/mol. The summed E-state index contributed by atoms with van der Waals surface area (Å²) in [6.45, 7) is 3.29. The largest absolute Gasteiger partial charge is 0.353 e. The van der Waals surface area contributed by atoms with Crippen LogP contribution in [0, 0.1) is 0 Å². The lowest BCUT2D eigenvalue weighted by atomic mass is 10.0. The van der Waals surface area contributed by atoms with Gasteiger partial charge in [-0.1, -0.05) is 67.6 Å². The summed E-state index contributed by atoms with van der Waals surface area (Å²) in [4.78, 5) is 0. The van der Waals surface area contributed by atoms with Crippen LogP contribution < -0.4 is 0 Å². The minimum absolute atomic E-state index is 0.521. The second-order valence-electron chi connectivity index (χ2n) is 5.27. The predicted octanol–water partition coefficient (Wildman–Crippen LogP) is 4.96. The number of rotatable bonds is 4. The molecular weight excluding hydrogens is 242 g/mol. The van der Waals surface area contributed by atoms with Crippen LogP contribution in [-0.2, 0) is 6.54 Å². The van der Waals surface area contributed by atoms with Crippen LogP contribution in [0.25, 0.3) is 11.1 Å². The van der Waals surface area contributed by atoms with Gasteiger partial charge < -0.3 is 4.57 Å². The fraction of sp³-hybridized carbons (Fsp3) is 0.158. The summed E-state index contributed by atoms with van der Waals surface area (Å²) in [7, 11) is 0. The first-order valence-electron chi connectivity index (χ1n) is 7.09. The molecule has 3 rings (SSSR count). The fourth-order valence-electron chi connectivity index (χ4n) is 2.56. The van der Waals surface area contributed by atoms with Gasteiger partial charge >= 0.3 is 0 Å². The molecule has 0 radical (unpaired) electrons. The number of benzene rings is 2. The fourth-order valence-corrected chi connectivity index (χ4v) is 2.56. The molecule has 0 amide bonds. The zero-order valence-corrected chi connectivity index (χ0v) is 11.7. The summed E-state index contributed by atoms with van der Waals surface area (Å²) >= 11 is 0. The van der Waals surface area contributed by atoms with Gasteiger partial charge in [0.1, 0.15) is 0 Å². The normalized spacial score (nSPS) is 12.2. The van der Waals surface area contributed by atoms with Crippen LogP contribution in [0.1, 0.15) is 18.4 Å². The Morgan fingerprint density at radius 3 is 2.15 bits per heavy atom. The van der Waals surface area contributed by atoms with Crippen molar-refractivity contribution in [1.29, 1.82) is 0 Å². The zero-order chi connectivity index (χ0) is 13.8. The van der Waals surface area contributed by atoms with E-state index in [2.05, 4.69) is 90.6 Å². The van der Waals surface area contributed by atoms with Crippen molar-refractivity contribution in [1.82, 2.24) is 4.57 Å². The molecule has 0 N–H and O–H groups in total. The van der Waals surface area contributed by atoms with Gasteiger partial charge in [-0.05, 0) is 28.7 Å². The van der Waals surface area contributed by atoms with E-state index in [1.165, 1.54) is 16.7 Å². The molecule has 20 heavy (non-hydrogen) atoms. The molecule has 0 spiro atoms. The molecule has 3 aromatic rings. The summed E-state index contributed by atoms with van der Waals surface area (Å²) in [6, 6.07) is 23.4. The van der Waals surface area contributed by atoms with Crippen molar-refractivity contribution in [3.63, 3.8) is 0 Å². The van der Waals surface area contributed by atoms with Crippen LogP contribution in [0.4, 0.5) is 0 Å². The van der Waals surface area contributed by atoms with Crippen LogP contribution in [0.15, 0.2) is 79.1 Å². The van der Waals surface area contributed by atoms with Crippen molar-refractivity contribution in [2.75, 3.05) is 0 Å². The highest BCUT2D eigenvalue weighted by Crippen LogP contribution is 2.22. The quantitative estimate of drug-likeness (QED) is 0.625. The van der Waals surface area contributed by atoms with E-state index in [0.29, 0.717) is 5.92 Å². The lowest BCUT2D eigenvalue weighted by Crippen LogP contribution is -2.03. The third kappa shape index (κ3) is 2.83. The second-order valence-corrected chi connectivity index (χ2v) is 5.27. The van der Waals surface area contributed by atoms with Crippen molar-refractivity contribution < 1.29 is 0 Å². The van der Waals surface area contributed by atoms with Gasteiger partial charge in [0.2, 0.25) is 0 Å². The SMILES string of the molecule is CC(Cn1ccc(-c2ccccc2)c1)c1ccccc1. The van der Waals surface area contributed by atoms with Gasteiger partial charge in [0, 0.05) is 18.9 Å². The summed E-state index contributed by atoms with van der Waals surface area (Å²) in [5.41, 5.74) is 3.95. The van der Waals surface area contributed by atoms with E-state index in [0.717, 1.165) is 6.54 Å². The third-order valence-electron chi connectivity index (χ3n) is 3.71. The number of aromatic nitrogens is 1. The lowest BCUT2D eigenvalue weighted by molar-refractivity contribution is 0.600. The number of hydrogen-bond donors (Lipinski definition) is 0. The van der Waals surface area contributed by atoms with Crippen molar-refractivity contribution in [2.45, 2.75) is 19.4 Å². The van der Waals surface area contributed by atoms with E-state index >= 15 is 0 Å². The van der Waals surface area contributed by atoms with Gasteiger partial charge in [0.25, 0.3) is 0 Å². The van der Waals surface area contributed by atoms with Gasteiger partial charge in [0.15, 0.2) is 0 Å². The highest BCUT2D eigenvalue weighted by molar-refractivity contribution is 5.62. The first kappa shape index (κ1) is 12.7. The Labute approximate surface area is 120 Å². The smallest absolute Gasteiger partial charge is 0.0286 e. The zero-order valence-electron chi connectivity index (χ0n) is 11.7. The van der Waals surface area contributed by atoms with E-state index in [1.54, 1.807) is 0 Å². The van der Waals surface area contributed by atoms with E-state index in [9.17, 15) is 0 Å². The molecule has 1 heteroatoms. The van der Waals surface area contributed by atoms with Gasteiger partial charge in [-0.15, -0.1) is 0 Å². The minimum atomic E-state index is 0.521. The van der Waals surface area contributed by atoms with Crippen molar-refractivity contribution in [3.8, 4) is 11.1 Å².